The van der Waals surface area contributed by atoms with Crippen molar-refractivity contribution < 1.29 is 29.4 Å². The summed E-state index contributed by atoms with van der Waals surface area (Å²) in [4.78, 5) is 45.8. The molecule has 0 aliphatic carbocycles. The van der Waals surface area contributed by atoms with E-state index in [2.05, 4.69) is 0 Å². The molecular weight excluding hydrogens is 220 g/mol. The molecule has 2 unspecified atom stereocenters. The summed E-state index contributed by atoms with van der Waals surface area (Å²) in [6.45, 7) is 0. The van der Waals surface area contributed by atoms with Crippen molar-refractivity contribution in [2.75, 3.05) is 14.1 Å². The minimum Gasteiger partial charge on any atom is -0.479 e. The zero-order valence-corrected chi connectivity index (χ0v) is 8.58. The zero-order valence-electron chi connectivity index (χ0n) is 8.58. The third-order valence-corrected chi connectivity index (χ3v) is 2.41. The first-order chi connectivity index (χ1) is 7.29. The first-order valence-corrected chi connectivity index (χ1v) is 4.28. The number of carboxylic acids is 2. The van der Waals surface area contributed by atoms with Crippen LogP contribution in [0, 0.1) is 0 Å². The Hall–Kier alpha value is -2.12. The number of carboxylic acid groups (broad SMARTS) is 2. The molecular formula is C8H10N2O6. The molecule has 8 nitrogen and oxygen atoms in total. The molecule has 1 heterocycles. The topological polar surface area (TPSA) is 115 Å². The molecule has 0 aromatic carbocycles. The fraction of sp³-hybridized carbons (Fsp3) is 0.500. The fourth-order valence-corrected chi connectivity index (χ4v) is 1.51. The Kier molecular flexibility index (Phi) is 2.84. The molecule has 0 aromatic rings. The van der Waals surface area contributed by atoms with Crippen molar-refractivity contribution in [3.05, 3.63) is 0 Å². The van der Waals surface area contributed by atoms with E-state index in [-0.39, 0.29) is 0 Å². The third-order valence-electron chi connectivity index (χ3n) is 2.41. The predicted molar refractivity (Wildman–Crippen MR) is 48.4 cm³/mol. The molecule has 16 heavy (non-hydrogen) atoms. The maximum atomic E-state index is 11.5. The van der Waals surface area contributed by atoms with Crippen molar-refractivity contribution in [1.29, 1.82) is 0 Å². The van der Waals surface area contributed by atoms with Gasteiger partial charge in [0.15, 0.2) is 0 Å². The van der Waals surface area contributed by atoms with Gasteiger partial charge in [0.1, 0.15) is 0 Å². The molecule has 0 aromatic heterocycles. The van der Waals surface area contributed by atoms with E-state index in [1.54, 1.807) is 0 Å². The van der Waals surface area contributed by atoms with Gasteiger partial charge in [-0.25, -0.2) is 9.59 Å². The fourth-order valence-electron chi connectivity index (χ4n) is 1.51. The Morgan fingerprint density at radius 1 is 0.938 bits per heavy atom. The number of aliphatic carboxylic acids is 2. The van der Waals surface area contributed by atoms with Crippen LogP contribution < -0.4 is 0 Å². The lowest BCUT2D eigenvalue weighted by molar-refractivity contribution is -0.173. The van der Waals surface area contributed by atoms with Crippen LogP contribution in [-0.2, 0) is 19.2 Å². The molecule has 0 spiro atoms. The van der Waals surface area contributed by atoms with Gasteiger partial charge in [0.05, 0.1) is 0 Å². The maximum absolute atomic E-state index is 11.5. The van der Waals surface area contributed by atoms with Crippen molar-refractivity contribution in [2.45, 2.75) is 12.1 Å². The minimum absolute atomic E-state index is 0.628. The molecule has 1 saturated heterocycles. The normalized spacial score (nSPS) is 25.9. The molecule has 1 aliphatic rings. The molecule has 1 fully saturated rings. The van der Waals surface area contributed by atoms with E-state index in [4.69, 9.17) is 10.2 Å². The smallest absolute Gasteiger partial charge is 0.336 e. The van der Waals surface area contributed by atoms with Crippen molar-refractivity contribution in [1.82, 2.24) is 9.80 Å². The monoisotopic (exact) mass is 230 g/mol. The number of piperazine rings is 1. The summed E-state index contributed by atoms with van der Waals surface area (Å²) in [7, 11) is 2.17. The summed E-state index contributed by atoms with van der Waals surface area (Å²) in [6.07, 6.45) is 0. The average molecular weight is 230 g/mol. The van der Waals surface area contributed by atoms with Crippen molar-refractivity contribution >= 4 is 23.8 Å². The van der Waals surface area contributed by atoms with E-state index in [1.807, 2.05) is 0 Å². The summed E-state index contributed by atoms with van der Waals surface area (Å²) in [6, 6.07) is -3.32. The summed E-state index contributed by atoms with van der Waals surface area (Å²) < 4.78 is 0. The van der Waals surface area contributed by atoms with Gasteiger partial charge < -0.3 is 20.0 Å². The number of carbonyl (C=O) groups is 4. The Morgan fingerprint density at radius 3 is 1.38 bits per heavy atom. The van der Waals surface area contributed by atoms with Gasteiger partial charge in [-0.3, -0.25) is 9.59 Å². The number of rotatable bonds is 2. The van der Waals surface area contributed by atoms with Crippen molar-refractivity contribution in [3.63, 3.8) is 0 Å². The minimum atomic E-state index is -1.66. The number of likely N-dealkylation sites (N-methyl/N-ethyl adjacent to an activating group) is 2. The molecule has 1 aliphatic heterocycles. The Labute approximate surface area is 90.0 Å². The third kappa shape index (κ3) is 1.58. The molecule has 0 saturated carbocycles. The molecule has 2 amide bonds. The van der Waals surface area contributed by atoms with Crippen LogP contribution in [0.2, 0.25) is 0 Å². The van der Waals surface area contributed by atoms with Crippen LogP contribution in [0.4, 0.5) is 0 Å². The Bertz CT molecular complexity index is 343. The zero-order chi connectivity index (χ0) is 12.6. The van der Waals surface area contributed by atoms with E-state index in [1.165, 1.54) is 0 Å². The van der Waals surface area contributed by atoms with Crippen LogP contribution >= 0.6 is 0 Å². The summed E-state index contributed by atoms with van der Waals surface area (Å²) in [5.74, 6) is -4.84. The van der Waals surface area contributed by atoms with Gasteiger partial charge in [-0.2, -0.15) is 0 Å². The molecule has 2 N–H and O–H groups in total. The summed E-state index contributed by atoms with van der Waals surface area (Å²) in [5.41, 5.74) is 0. The number of carbonyl (C=O) groups excluding carboxylic acids is 2. The highest BCUT2D eigenvalue weighted by Crippen LogP contribution is 2.15. The van der Waals surface area contributed by atoms with Crippen LogP contribution in [0.3, 0.4) is 0 Å². The first kappa shape index (κ1) is 12.0. The van der Waals surface area contributed by atoms with Gasteiger partial charge in [-0.05, 0) is 0 Å². The van der Waals surface area contributed by atoms with Gasteiger partial charge in [0, 0.05) is 14.1 Å². The molecule has 0 bridgehead atoms. The number of amides is 2. The number of nitrogens with zero attached hydrogens (tertiary/aromatic N) is 2. The van der Waals surface area contributed by atoms with Gasteiger partial charge in [0.2, 0.25) is 12.1 Å². The highest BCUT2D eigenvalue weighted by molar-refractivity contribution is 6.14. The second-order valence-electron chi connectivity index (χ2n) is 3.38. The maximum Gasteiger partial charge on any atom is 0.336 e. The lowest BCUT2D eigenvalue weighted by Crippen LogP contribution is -2.66. The highest BCUT2D eigenvalue weighted by Gasteiger charge is 2.49. The van der Waals surface area contributed by atoms with Gasteiger partial charge >= 0.3 is 11.9 Å². The quantitative estimate of drug-likeness (QED) is 0.521. The lowest BCUT2D eigenvalue weighted by atomic mass is 10.1. The highest BCUT2D eigenvalue weighted by atomic mass is 16.4. The standard InChI is InChI=1S/C8H10N2O6/c1-9-3(7(13)14)6(12)10(2)4(5(9)11)8(15)16/h3-4H,1-2H3,(H,13,14)(H,15,16). The van der Waals surface area contributed by atoms with Gasteiger partial charge in [0.25, 0.3) is 11.8 Å². The van der Waals surface area contributed by atoms with Crippen LogP contribution in [-0.4, -0.2) is 69.9 Å². The number of hydrogen-bond donors (Lipinski definition) is 2. The molecule has 88 valence electrons. The largest absolute Gasteiger partial charge is 0.479 e. The molecule has 2 atom stereocenters. The van der Waals surface area contributed by atoms with Crippen LogP contribution in [0.1, 0.15) is 0 Å². The summed E-state index contributed by atoms with van der Waals surface area (Å²) in [5, 5.41) is 17.5. The van der Waals surface area contributed by atoms with E-state index in [0.29, 0.717) is 9.80 Å². The van der Waals surface area contributed by atoms with Crippen LogP contribution in [0.5, 0.6) is 0 Å². The van der Waals surface area contributed by atoms with E-state index < -0.39 is 35.8 Å². The van der Waals surface area contributed by atoms with E-state index >= 15 is 0 Å². The molecule has 8 heteroatoms. The number of hydrogen-bond acceptors (Lipinski definition) is 4. The second kappa shape index (κ2) is 3.80. The van der Waals surface area contributed by atoms with Crippen LogP contribution in [0.15, 0.2) is 0 Å². The summed E-state index contributed by atoms with van der Waals surface area (Å²) >= 11 is 0. The first-order valence-electron chi connectivity index (χ1n) is 4.28. The Morgan fingerprint density at radius 2 is 1.19 bits per heavy atom. The van der Waals surface area contributed by atoms with Crippen LogP contribution in [0.25, 0.3) is 0 Å². The predicted octanol–water partition coefficient (Wildman–Crippen LogP) is -2.18. The SMILES string of the molecule is CN1C(=O)C(C(=O)O)N(C)C(=O)C1C(=O)O. The average Bonchev–Trinajstić information content (AvgIpc) is 2.14. The van der Waals surface area contributed by atoms with Gasteiger partial charge in [-0.1, -0.05) is 0 Å². The van der Waals surface area contributed by atoms with E-state index in [0.717, 1.165) is 14.1 Å². The Balaban J connectivity index is 3.14. The van der Waals surface area contributed by atoms with Crippen molar-refractivity contribution in [3.8, 4) is 0 Å². The lowest BCUT2D eigenvalue weighted by Gasteiger charge is -2.37. The molecule has 0 radical (unpaired) electrons. The van der Waals surface area contributed by atoms with Gasteiger partial charge in [-0.15, -0.1) is 0 Å². The molecule has 1 rings (SSSR count). The van der Waals surface area contributed by atoms with E-state index in [9.17, 15) is 19.2 Å². The van der Waals surface area contributed by atoms with Crippen molar-refractivity contribution in [2.24, 2.45) is 0 Å². The second-order valence-corrected chi connectivity index (χ2v) is 3.38.